The molecular formula is C25H28N2O9. The van der Waals surface area contributed by atoms with Crippen LogP contribution < -0.4 is 5.73 Å². The Morgan fingerprint density at radius 2 is 1.83 bits per heavy atom. The third-order valence-electron chi connectivity index (χ3n) is 7.87. The van der Waals surface area contributed by atoms with E-state index in [9.17, 15) is 39.0 Å². The minimum atomic E-state index is -2.75. The summed E-state index contributed by atoms with van der Waals surface area (Å²) < 4.78 is 4.68. The number of nitrogens with zero attached hydrogens (tertiary/aromatic N) is 1. The molecule has 4 N–H and O–H groups in total. The van der Waals surface area contributed by atoms with Crippen LogP contribution in [0.2, 0.25) is 0 Å². The van der Waals surface area contributed by atoms with Crippen molar-refractivity contribution in [3.05, 3.63) is 28.8 Å². The third kappa shape index (κ3) is 3.56. The number of hydrogen-bond acceptors (Lipinski definition) is 10. The summed E-state index contributed by atoms with van der Waals surface area (Å²) in [6.07, 6.45) is 0.392. The van der Waals surface area contributed by atoms with Gasteiger partial charge in [0, 0.05) is 12.3 Å². The molecule has 11 nitrogen and oxygen atoms in total. The zero-order valence-corrected chi connectivity index (χ0v) is 20.1. The number of phenolic OH excluding ortho intramolecular Hbond substituents is 1. The maximum absolute atomic E-state index is 13.7. The zero-order valence-electron chi connectivity index (χ0n) is 20.1. The highest BCUT2D eigenvalue weighted by atomic mass is 16.5. The molecule has 192 valence electrons. The number of carbonyl (C=O) groups excluding carboxylic acids is 6. The summed E-state index contributed by atoms with van der Waals surface area (Å²) in [6.45, 7) is 0. The highest BCUT2D eigenvalue weighted by Gasteiger charge is 2.69. The topological polar surface area (TPSA) is 181 Å². The highest BCUT2D eigenvalue weighted by Crippen LogP contribution is 2.51. The van der Waals surface area contributed by atoms with Crippen molar-refractivity contribution in [3.8, 4) is 5.75 Å². The number of rotatable bonds is 5. The van der Waals surface area contributed by atoms with Crippen LogP contribution in [0.4, 0.5) is 0 Å². The van der Waals surface area contributed by atoms with Crippen LogP contribution in [0.1, 0.15) is 34.3 Å². The highest BCUT2D eigenvalue weighted by molar-refractivity contribution is 6.32. The Balaban J connectivity index is 1.81. The van der Waals surface area contributed by atoms with Crippen LogP contribution in [0.15, 0.2) is 12.1 Å². The fourth-order valence-corrected chi connectivity index (χ4v) is 6.24. The van der Waals surface area contributed by atoms with Crippen molar-refractivity contribution < 1.29 is 43.7 Å². The van der Waals surface area contributed by atoms with Gasteiger partial charge in [-0.25, -0.2) is 0 Å². The smallest absolute Gasteiger partial charge is 0.305 e. The molecule has 0 saturated heterocycles. The lowest BCUT2D eigenvalue weighted by Gasteiger charge is -2.52. The first kappa shape index (κ1) is 25.6. The van der Waals surface area contributed by atoms with Gasteiger partial charge >= 0.3 is 5.97 Å². The molecule has 0 radical (unpaired) electrons. The Morgan fingerprint density at radius 1 is 1.17 bits per heavy atom. The van der Waals surface area contributed by atoms with Crippen LogP contribution in [-0.4, -0.2) is 83.0 Å². The number of aromatic hydroxyl groups is 1. The molecule has 3 aliphatic rings. The van der Waals surface area contributed by atoms with E-state index in [0.717, 1.165) is 0 Å². The Morgan fingerprint density at radius 3 is 2.42 bits per heavy atom. The molecule has 0 aliphatic heterocycles. The SMILES string of the molecule is COC(=O)CCc1ccc(O)c2c1C[C@@H]1C[C@@H]3C(N(C)C)C(=O)C(C(N)=O)C(=O)[C@]3(O)C(=O)C1C2=O. The summed E-state index contributed by atoms with van der Waals surface area (Å²) in [7, 11) is 4.31. The molecule has 0 spiro atoms. The molecule has 3 unspecified atom stereocenters. The second-order valence-corrected chi connectivity index (χ2v) is 9.96. The Kier molecular flexibility index (Phi) is 6.34. The third-order valence-corrected chi connectivity index (χ3v) is 7.87. The van der Waals surface area contributed by atoms with E-state index in [1.54, 1.807) is 6.07 Å². The first-order valence-corrected chi connectivity index (χ1v) is 11.6. The molecule has 0 aromatic heterocycles. The van der Waals surface area contributed by atoms with Crippen LogP contribution in [-0.2, 0) is 41.6 Å². The molecule has 36 heavy (non-hydrogen) atoms. The fraction of sp³-hybridized carbons (Fsp3) is 0.520. The summed E-state index contributed by atoms with van der Waals surface area (Å²) in [5.41, 5.74) is 3.56. The monoisotopic (exact) mass is 500 g/mol. The Hall–Kier alpha value is -3.44. The quantitative estimate of drug-likeness (QED) is 0.334. The van der Waals surface area contributed by atoms with E-state index in [1.165, 1.54) is 32.2 Å². The van der Waals surface area contributed by atoms with E-state index in [-0.39, 0.29) is 37.0 Å². The van der Waals surface area contributed by atoms with Crippen molar-refractivity contribution in [1.29, 1.82) is 0 Å². The van der Waals surface area contributed by atoms with Gasteiger partial charge in [0.05, 0.1) is 24.6 Å². The Bertz CT molecular complexity index is 1210. The molecular weight excluding hydrogens is 472 g/mol. The number of carbonyl (C=O) groups is 6. The van der Waals surface area contributed by atoms with E-state index in [4.69, 9.17) is 5.73 Å². The minimum absolute atomic E-state index is 0.0318. The lowest BCUT2D eigenvalue weighted by Crippen LogP contribution is -2.74. The lowest BCUT2D eigenvalue weighted by atomic mass is 9.52. The van der Waals surface area contributed by atoms with Gasteiger partial charge in [-0.05, 0) is 56.5 Å². The normalized spacial score (nSPS) is 31.5. The number of methoxy groups -OCH3 is 1. The first-order chi connectivity index (χ1) is 16.9. The molecule has 0 heterocycles. The van der Waals surface area contributed by atoms with Gasteiger partial charge < -0.3 is 20.7 Å². The summed E-state index contributed by atoms with van der Waals surface area (Å²) in [5.74, 6) is -11.3. The Labute approximate surface area is 206 Å². The van der Waals surface area contributed by atoms with Crippen molar-refractivity contribution in [1.82, 2.24) is 4.90 Å². The van der Waals surface area contributed by atoms with Crippen LogP contribution in [0, 0.1) is 23.7 Å². The number of aryl methyl sites for hydroxylation is 1. The average Bonchev–Trinajstić information content (AvgIpc) is 2.80. The number of ether oxygens (including phenoxy) is 1. The molecule has 3 aliphatic carbocycles. The number of primary amides is 1. The predicted octanol–water partition coefficient (Wildman–Crippen LogP) is -1.03. The molecule has 1 aromatic carbocycles. The van der Waals surface area contributed by atoms with Crippen molar-refractivity contribution in [2.75, 3.05) is 21.2 Å². The second-order valence-electron chi connectivity index (χ2n) is 9.96. The van der Waals surface area contributed by atoms with Crippen LogP contribution in [0.3, 0.4) is 0 Å². The van der Waals surface area contributed by atoms with Crippen molar-refractivity contribution in [2.24, 2.45) is 29.4 Å². The number of esters is 1. The number of aliphatic hydroxyl groups is 1. The number of Topliss-reactive ketones (excluding diaryl/α,β-unsaturated/α-hetero) is 4. The largest absolute Gasteiger partial charge is 0.507 e. The maximum atomic E-state index is 13.7. The second kappa shape index (κ2) is 8.90. The average molecular weight is 501 g/mol. The number of fused-ring (bicyclic) bond motifs is 3. The number of nitrogens with two attached hydrogens (primary N) is 1. The fourth-order valence-electron chi connectivity index (χ4n) is 6.24. The minimum Gasteiger partial charge on any atom is -0.507 e. The van der Waals surface area contributed by atoms with E-state index >= 15 is 0 Å². The number of phenols is 1. The number of ketones is 4. The molecule has 2 fully saturated rings. The van der Waals surface area contributed by atoms with Gasteiger partial charge in [-0.1, -0.05) is 6.07 Å². The van der Waals surface area contributed by atoms with Gasteiger partial charge in [0.25, 0.3) is 0 Å². The molecule has 1 amide bonds. The molecule has 6 atom stereocenters. The van der Waals surface area contributed by atoms with Crippen LogP contribution in [0.25, 0.3) is 0 Å². The molecule has 11 heteroatoms. The zero-order chi connectivity index (χ0) is 26.7. The molecule has 1 aromatic rings. The van der Waals surface area contributed by atoms with Gasteiger partial charge in [-0.3, -0.25) is 33.7 Å². The van der Waals surface area contributed by atoms with E-state index in [2.05, 4.69) is 4.74 Å². The van der Waals surface area contributed by atoms with Crippen molar-refractivity contribution >= 4 is 35.0 Å². The summed E-state index contributed by atoms with van der Waals surface area (Å²) in [5, 5.41) is 22.0. The predicted molar refractivity (Wildman–Crippen MR) is 122 cm³/mol. The summed E-state index contributed by atoms with van der Waals surface area (Å²) in [6, 6.07) is 1.73. The molecule has 4 rings (SSSR count). The van der Waals surface area contributed by atoms with Gasteiger partial charge in [0.15, 0.2) is 34.7 Å². The number of benzene rings is 1. The number of hydrogen-bond donors (Lipinski definition) is 3. The van der Waals surface area contributed by atoms with Crippen molar-refractivity contribution in [3.63, 3.8) is 0 Å². The maximum Gasteiger partial charge on any atom is 0.305 e. The van der Waals surface area contributed by atoms with Gasteiger partial charge in [-0.2, -0.15) is 0 Å². The summed E-state index contributed by atoms with van der Waals surface area (Å²) in [4.78, 5) is 78.7. The van der Waals surface area contributed by atoms with Gasteiger partial charge in [0.2, 0.25) is 5.91 Å². The molecule has 0 bridgehead atoms. The van der Waals surface area contributed by atoms with Gasteiger partial charge in [0.1, 0.15) is 5.75 Å². The number of likely N-dealkylation sites (N-methyl/N-ethyl adjacent to an activating group) is 1. The van der Waals surface area contributed by atoms with Crippen LogP contribution >= 0.6 is 0 Å². The van der Waals surface area contributed by atoms with E-state index in [1.807, 2.05) is 0 Å². The number of amides is 1. The van der Waals surface area contributed by atoms with E-state index in [0.29, 0.717) is 11.1 Å². The lowest BCUT2D eigenvalue weighted by molar-refractivity contribution is -0.181. The van der Waals surface area contributed by atoms with E-state index < -0.39 is 70.3 Å². The standard InChI is InChI=1S/C25H28N2O9/c1-27(2)19-13-9-11-8-12-10(5-7-15(29)36-3)4-6-14(28)17(12)20(30)16(11)22(32)25(13,35)23(33)18(21(19)31)24(26)34/h4,6,11,13,16,18-19,28,35H,5,7-9H2,1-3H3,(H2,26,34)/t11-,13-,16?,18?,19?,25-/m1/s1. The first-order valence-electron chi connectivity index (χ1n) is 11.6. The summed E-state index contributed by atoms with van der Waals surface area (Å²) >= 11 is 0. The van der Waals surface area contributed by atoms with Crippen molar-refractivity contribution in [2.45, 2.75) is 37.3 Å². The van der Waals surface area contributed by atoms with Gasteiger partial charge in [-0.15, -0.1) is 0 Å². The van der Waals surface area contributed by atoms with Crippen LogP contribution in [0.5, 0.6) is 5.75 Å². The molecule has 2 saturated carbocycles.